The van der Waals surface area contributed by atoms with Crippen LogP contribution in [0.3, 0.4) is 0 Å². The maximum Gasteiger partial charge on any atom is 0.0561 e. The molecule has 0 heterocycles. The van der Waals surface area contributed by atoms with Crippen molar-refractivity contribution >= 4 is 39.4 Å². The van der Waals surface area contributed by atoms with Crippen LogP contribution >= 0.6 is 27.5 Å². The summed E-state index contributed by atoms with van der Waals surface area (Å²) in [5.74, 6) is 0. The Morgan fingerprint density at radius 1 is 1.12 bits per heavy atom. The highest BCUT2D eigenvalue weighted by atomic mass is 79.9. The Hall–Kier alpha value is -1.32. The lowest BCUT2D eigenvalue weighted by Crippen LogP contribution is -1.90. The molecule has 0 amide bonds. The molecule has 17 heavy (non-hydrogen) atoms. The van der Waals surface area contributed by atoms with Gasteiger partial charge in [0, 0.05) is 15.1 Å². The van der Waals surface area contributed by atoms with Crippen LogP contribution in [-0.4, -0.2) is 6.21 Å². The highest BCUT2D eigenvalue weighted by molar-refractivity contribution is 9.10. The number of benzene rings is 2. The molecule has 0 atom stereocenters. The van der Waals surface area contributed by atoms with E-state index in [1.165, 1.54) is 0 Å². The predicted octanol–water partition coefficient (Wildman–Crippen LogP) is 4.55. The molecule has 1 N–H and O–H groups in total. The Morgan fingerprint density at radius 2 is 1.88 bits per heavy atom. The lowest BCUT2D eigenvalue weighted by atomic mass is 10.2. The van der Waals surface area contributed by atoms with Crippen molar-refractivity contribution in [1.82, 2.24) is 0 Å². The second-order valence-electron chi connectivity index (χ2n) is 3.40. The average molecular weight is 310 g/mol. The zero-order valence-corrected chi connectivity index (χ0v) is 11.2. The van der Waals surface area contributed by atoms with Gasteiger partial charge in [-0.2, -0.15) is 5.10 Å². The molecule has 0 bridgehead atoms. The number of hydrogen-bond acceptors (Lipinski definition) is 2. The van der Waals surface area contributed by atoms with Crippen molar-refractivity contribution in [1.29, 1.82) is 0 Å². The van der Waals surface area contributed by atoms with Gasteiger partial charge < -0.3 is 0 Å². The lowest BCUT2D eigenvalue weighted by Gasteiger charge is -2.00. The predicted molar refractivity (Wildman–Crippen MR) is 76.8 cm³/mol. The molecular formula is C13H10BrClN2. The summed E-state index contributed by atoms with van der Waals surface area (Å²) in [4.78, 5) is 0. The van der Waals surface area contributed by atoms with Crippen LogP contribution < -0.4 is 5.43 Å². The molecule has 0 aliphatic rings. The molecule has 0 radical (unpaired) electrons. The van der Waals surface area contributed by atoms with Crippen LogP contribution in [0.25, 0.3) is 0 Å². The molecule has 4 heteroatoms. The topological polar surface area (TPSA) is 24.4 Å². The summed E-state index contributed by atoms with van der Waals surface area (Å²) in [7, 11) is 0. The highest BCUT2D eigenvalue weighted by Gasteiger charge is 1.97. The number of hydrazone groups is 1. The number of nitrogens with one attached hydrogen (secondary N) is 1. The Kier molecular flexibility index (Phi) is 4.18. The summed E-state index contributed by atoms with van der Waals surface area (Å²) >= 11 is 9.35. The molecule has 2 nitrogen and oxygen atoms in total. The van der Waals surface area contributed by atoms with Gasteiger partial charge in [0.05, 0.1) is 11.9 Å². The van der Waals surface area contributed by atoms with E-state index in [1.807, 2.05) is 48.5 Å². The van der Waals surface area contributed by atoms with Crippen LogP contribution in [0.4, 0.5) is 5.69 Å². The summed E-state index contributed by atoms with van der Waals surface area (Å²) < 4.78 is 0.959. The molecule has 86 valence electrons. The fourth-order valence-electron chi connectivity index (χ4n) is 1.30. The quantitative estimate of drug-likeness (QED) is 0.653. The van der Waals surface area contributed by atoms with Crippen LogP contribution in [0.2, 0.25) is 5.02 Å². The third-order valence-corrected chi connectivity index (χ3v) is 3.09. The van der Waals surface area contributed by atoms with Crippen molar-refractivity contribution in [2.24, 2.45) is 5.10 Å². The minimum atomic E-state index is 0.689. The summed E-state index contributed by atoms with van der Waals surface area (Å²) in [5.41, 5.74) is 4.82. The van der Waals surface area contributed by atoms with Gasteiger partial charge in [0.15, 0.2) is 0 Å². The largest absolute Gasteiger partial charge is 0.279 e. The van der Waals surface area contributed by atoms with Crippen LogP contribution in [0.15, 0.2) is 58.1 Å². The summed E-state index contributed by atoms with van der Waals surface area (Å²) in [5, 5.41) is 4.84. The fourth-order valence-corrected chi connectivity index (χ4v) is 1.83. The van der Waals surface area contributed by atoms with Gasteiger partial charge in [-0.25, -0.2) is 0 Å². The Balaban J connectivity index is 2.08. The molecule has 2 aromatic rings. The maximum absolute atomic E-state index is 5.91. The molecular weight excluding hydrogens is 300 g/mol. The maximum atomic E-state index is 5.91. The van der Waals surface area contributed by atoms with E-state index in [0.717, 1.165) is 15.7 Å². The Labute approximate surface area is 113 Å². The number of para-hydroxylation sites is 1. The van der Waals surface area contributed by atoms with Crippen molar-refractivity contribution < 1.29 is 0 Å². The monoisotopic (exact) mass is 308 g/mol. The van der Waals surface area contributed by atoms with Gasteiger partial charge in [-0.05, 0) is 30.3 Å². The first kappa shape index (κ1) is 12.1. The van der Waals surface area contributed by atoms with Crippen molar-refractivity contribution in [2.45, 2.75) is 0 Å². The van der Waals surface area contributed by atoms with Gasteiger partial charge >= 0.3 is 0 Å². The van der Waals surface area contributed by atoms with E-state index >= 15 is 0 Å². The lowest BCUT2D eigenvalue weighted by molar-refractivity contribution is 1.35. The van der Waals surface area contributed by atoms with Crippen molar-refractivity contribution in [2.75, 3.05) is 5.43 Å². The molecule has 0 saturated heterocycles. The number of nitrogens with zero attached hydrogens (tertiary/aromatic N) is 1. The van der Waals surface area contributed by atoms with Gasteiger partial charge in [0.25, 0.3) is 0 Å². The summed E-state index contributed by atoms with van der Waals surface area (Å²) in [6.45, 7) is 0. The molecule has 2 aromatic carbocycles. The number of rotatable bonds is 3. The van der Waals surface area contributed by atoms with Crippen LogP contribution in [0, 0.1) is 0 Å². The highest BCUT2D eigenvalue weighted by Crippen LogP contribution is 2.19. The van der Waals surface area contributed by atoms with E-state index in [9.17, 15) is 0 Å². The van der Waals surface area contributed by atoms with Crippen molar-refractivity contribution in [3.8, 4) is 0 Å². The zero-order valence-electron chi connectivity index (χ0n) is 8.90. The number of halogens is 2. The Bertz CT molecular complexity index is 526. The van der Waals surface area contributed by atoms with Gasteiger partial charge in [0.1, 0.15) is 0 Å². The van der Waals surface area contributed by atoms with E-state index < -0.39 is 0 Å². The van der Waals surface area contributed by atoms with Gasteiger partial charge in [-0.3, -0.25) is 5.43 Å². The second kappa shape index (κ2) is 5.84. The van der Waals surface area contributed by atoms with E-state index in [-0.39, 0.29) is 0 Å². The smallest absolute Gasteiger partial charge is 0.0561 e. The van der Waals surface area contributed by atoms with Crippen molar-refractivity contribution in [3.05, 3.63) is 63.6 Å². The summed E-state index contributed by atoms with van der Waals surface area (Å²) in [6.07, 6.45) is 1.73. The van der Waals surface area contributed by atoms with Gasteiger partial charge in [-0.15, -0.1) is 0 Å². The third kappa shape index (κ3) is 3.58. The molecule has 2 rings (SSSR count). The second-order valence-corrected chi connectivity index (χ2v) is 4.69. The molecule has 0 aliphatic carbocycles. The minimum Gasteiger partial charge on any atom is -0.279 e. The number of hydrogen-bond donors (Lipinski definition) is 1. The molecule has 0 spiro atoms. The van der Waals surface area contributed by atoms with E-state index in [2.05, 4.69) is 26.5 Å². The summed E-state index contributed by atoms with van der Waals surface area (Å²) in [6, 6.07) is 15.3. The van der Waals surface area contributed by atoms with Crippen LogP contribution in [0.1, 0.15) is 5.56 Å². The molecule has 0 aromatic heterocycles. The molecule has 0 fully saturated rings. The average Bonchev–Trinajstić information content (AvgIpc) is 2.35. The molecule has 0 aliphatic heterocycles. The SMILES string of the molecule is Clc1ccc(Br)c(C=NNc2ccccc2)c1. The van der Waals surface area contributed by atoms with E-state index in [4.69, 9.17) is 11.6 Å². The third-order valence-electron chi connectivity index (χ3n) is 2.13. The van der Waals surface area contributed by atoms with E-state index in [1.54, 1.807) is 6.21 Å². The first-order valence-corrected chi connectivity index (χ1v) is 6.22. The first-order valence-electron chi connectivity index (χ1n) is 5.05. The normalized spacial score (nSPS) is 10.7. The number of anilines is 1. The van der Waals surface area contributed by atoms with E-state index in [0.29, 0.717) is 5.02 Å². The fraction of sp³-hybridized carbons (Fsp3) is 0. The standard InChI is InChI=1S/C13H10BrClN2/c14-13-7-6-11(15)8-10(13)9-16-17-12-4-2-1-3-5-12/h1-9,17H. The van der Waals surface area contributed by atoms with Crippen LogP contribution in [-0.2, 0) is 0 Å². The first-order chi connectivity index (χ1) is 8.25. The van der Waals surface area contributed by atoms with Crippen molar-refractivity contribution in [3.63, 3.8) is 0 Å². The molecule has 0 saturated carbocycles. The Morgan fingerprint density at radius 3 is 2.65 bits per heavy atom. The van der Waals surface area contributed by atoms with Gasteiger partial charge in [0.2, 0.25) is 0 Å². The van der Waals surface area contributed by atoms with Crippen LogP contribution in [0.5, 0.6) is 0 Å². The molecule has 0 unspecified atom stereocenters. The van der Waals surface area contributed by atoms with Gasteiger partial charge in [-0.1, -0.05) is 45.7 Å². The minimum absolute atomic E-state index is 0.689. The zero-order chi connectivity index (χ0) is 12.1.